The molecule has 0 saturated carbocycles. The molecule has 0 amide bonds. The number of piperazine rings is 1. The van der Waals surface area contributed by atoms with Crippen LogP contribution in [0.1, 0.15) is 33.4 Å². The molecule has 1 aliphatic heterocycles. The Labute approximate surface area is 104 Å². The number of rotatable bonds is 1. The minimum absolute atomic E-state index is 0.133. The fraction of sp³-hybridized carbons (Fsp3) is 0.643. The molecule has 3 nitrogen and oxygen atoms in total. The maximum Gasteiger partial charge on any atom is 0.0556 e. The third-order valence-corrected chi connectivity index (χ3v) is 3.35. The second kappa shape index (κ2) is 4.65. The fourth-order valence-corrected chi connectivity index (χ4v) is 2.22. The van der Waals surface area contributed by atoms with E-state index in [-0.39, 0.29) is 5.41 Å². The Morgan fingerprint density at radius 2 is 2.12 bits per heavy atom. The molecule has 1 aromatic heterocycles. The van der Waals surface area contributed by atoms with E-state index >= 15 is 0 Å². The highest BCUT2D eigenvalue weighted by Gasteiger charge is 2.20. The minimum atomic E-state index is 0.133. The Morgan fingerprint density at radius 3 is 2.65 bits per heavy atom. The van der Waals surface area contributed by atoms with Gasteiger partial charge in [0, 0.05) is 36.8 Å². The van der Waals surface area contributed by atoms with Crippen LogP contribution in [0.15, 0.2) is 18.3 Å². The topological polar surface area (TPSA) is 28.2 Å². The zero-order valence-electron chi connectivity index (χ0n) is 11.3. The van der Waals surface area contributed by atoms with Gasteiger partial charge in [0.1, 0.15) is 0 Å². The summed E-state index contributed by atoms with van der Waals surface area (Å²) in [5.74, 6) is 0. The second-order valence-electron chi connectivity index (χ2n) is 5.90. The summed E-state index contributed by atoms with van der Waals surface area (Å²) in [5, 5.41) is 3.41. The molecule has 0 aliphatic carbocycles. The first kappa shape index (κ1) is 12.4. The van der Waals surface area contributed by atoms with E-state index in [9.17, 15) is 0 Å². The average Bonchev–Trinajstić information content (AvgIpc) is 2.29. The summed E-state index contributed by atoms with van der Waals surface area (Å²) in [7, 11) is 0. The molecular weight excluding hydrogens is 210 g/mol. The third kappa shape index (κ3) is 2.78. The van der Waals surface area contributed by atoms with Crippen LogP contribution < -0.4 is 10.2 Å². The molecule has 0 bridgehead atoms. The monoisotopic (exact) mass is 233 g/mol. The number of aromatic nitrogens is 1. The van der Waals surface area contributed by atoms with Crippen LogP contribution in [0.25, 0.3) is 0 Å². The summed E-state index contributed by atoms with van der Waals surface area (Å²) in [6, 6.07) is 4.91. The lowest BCUT2D eigenvalue weighted by atomic mass is 9.91. The van der Waals surface area contributed by atoms with Gasteiger partial charge in [-0.25, -0.2) is 0 Å². The number of nitrogens with zero attached hydrogens (tertiary/aromatic N) is 2. The van der Waals surface area contributed by atoms with Crippen LogP contribution in [-0.4, -0.2) is 30.7 Å². The Morgan fingerprint density at radius 1 is 1.35 bits per heavy atom. The molecule has 0 radical (unpaired) electrons. The predicted molar refractivity (Wildman–Crippen MR) is 72.6 cm³/mol. The van der Waals surface area contributed by atoms with E-state index < -0.39 is 0 Å². The van der Waals surface area contributed by atoms with Crippen LogP contribution in [0.4, 0.5) is 5.69 Å². The van der Waals surface area contributed by atoms with Crippen LogP contribution in [0, 0.1) is 0 Å². The van der Waals surface area contributed by atoms with E-state index in [0.717, 1.165) is 25.3 Å². The quantitative estimate of drug-likeness (QED) is 0.806. The smallest absolute Gasteiger partial charge is 0.0556 e. The summed E-state index contributed by atoms with van der Waals surface area (Å²) < 4.78 is 0. The van der Waals surface area contributed by atoms with Crippen molar-refractivity contribution in [1.29, 1.82) is 0 Å². The van der Waals surface area contributed by atoms with Crippen molar-refractivity contribution in [1.82, 2.24) is 10.3 Å². The van der Waals surface area contributed by atoms with Crippen molar-refractivity contribution < 1.29 is 0 Å². The maximum absolute atomic E-state index is 4.60. The molecule has 0 spiro atoms. The van der Waals surface area contributed by atoms with E-state index in [4.69, 9.17) is 0 Å². The van der Waals surface area contributed by atoms with Crippen LogP contribution in [0.5, 0.6) is 0 Å². The average molecular weight is 233 g/mol. The van der Waals surface area contributed by atoms with Crippen molar-refractivity contribution >= 4 is 5.69 Å². The molecule has 1 saturated heterocycles. The zero-order chi connectivity index (χ0) is 12.5. The summed E-state index contributed by atoms with van der Waals surface area (Å²) >= 11 is 0. The van der Waals surface area contributed by atoms with Gasteiger partial charge in [0.15, 0.2) is 0 Å². The van der Waals surface area contributed by atoms with E-state index in [1.165, 1.54) is 5.69 Å². The Bertz CT molecular complexity index is 364. The van der Waals surface area contributed by atoms with Gasteiger partial charge >= 0.3 is 0 Å². The van der Waals surface area contributed by atoms with Gasteiger partial charge in [-0.05, 0) is 19.1 Å². The Balaban J connectivity index is 2.17. The SMILES string of the molecule is C[C@H]1CNCCN1c1ccc(C(C)(C)C)nc1. The van der Waals surface area contributed by atoms with E-state index in [0.29, 0.717) is 6.04 Å². The van der Waals surface area contributed by atoms with E-state index in [1.807, 2.05) is 6.20 Å². The van der Waals surface area contributed by atoms with Crippen molar-refractivity contribution in [3.8, 4) is 0 Å². The van der Waals surface area contributed by atoms with Crippen LogP contribution in [-0.2, 0) is 5.41 Å². The van der Waals surface area contributed by atoms with Gasteiger partial charge in [-0.1, -0.05) is 20.8 Å². The van der Waals surface area contributed by atoms with Crippen LogP contribution in [0.2, 0.25) is 0 Å². The molecule has 17 heavy (non-hydrogen) atoms. The molecule has 1 atom stereocenters. The van der Waals surface area contributed by atoms with Gasteiger partial charge < -0.3 is 10.2 Å². The van der Waals surface area contributed by atoms with Gasteiger partial charge in [-0.15, -0.1) is 0 Å². The Kier molecular flexibility index (Phi) is 3.38. The molecule has 2 heterocycles. The summed E-state index contributed by atoms with van der Waals surface area (Å²) in [6.07, 6.45) is 2.02. The first-order valence-corrected chi connectivity index (χ1v) is 6.42. The summed E-state index contributed by atoms with van der Waals surface area (Å²) in [6.45, 7) is 12.0. The van der Waals surface area contributed by atoms with E-state index in [1.54, 1.807) is 0 Å². The lowest BCUT2D eigenvalue weighted by Gasteiger charge is -2.35. The number of hydrogen-bond donors (Lipinski definition) is 1. The van der Waals surface area contributed by atoms with Crippen molar-refractivity contribution in [2.75, 3.05) is 24.5 Å². The minimum Gasteiger partial charge on any atom is -0.365 e. The lowest BCUT2D eigenvalue weighted by molar-refractivity contribution is 0.499. The van der Waals surface area contributed by atoms with Crippen LogP contribution in [0.3, 0.4) is 0 Å². The predicted octanol–water partition coefficient (Wildman–Crippen LogP) is 2.18. The van der Waals surface area contributed by atoms with Crippen LogP contribution >= 0.6 is 0 Å². The molecule has 94 valence electrons. The number of anilines is 1. The zero-order valence-corrected chi connectivity index (χ0v) is 11.3. The molecule has 1 N–H and O–H groups in total. The highest BCUT2D eigenvalue weighted by atomic mass is 15.2. The molecule has 2 rings (SSSR count). The second-order valence-corrected chi connectivity index (χ2v) is 5.90. The van der Waals surface area contributed by atoms with Gasteiger partial charge in [-0.3, -0.25) is 4.98 Å². The third-order valence-electron chi connectivity index (χ3n) is 3.35. The summed E-state index contributed by atoms with van der Waals surface area (Å²) in [4.78, 5) is 7.02. The molecule has 3 heteroatoms. The van der Waals surface area contributed by atoms with Gasteiger partial charge in [0.2, 0.25) is 0 Å². The molecule has 1 aromatic rings. The highest BCUT2D eigenvalue weighted by Crippen LogP contribution is 2.23. The highest BCUT2D eigenvalue weighted by molar-refractivity contribution is 5.46. The number of nitrogens with one attached hydrogen (secondary N) is 1. The van der Waals surface area contributed by atoms with Crippen molar-refractivity contribution in [3.05, 3.63) is 24.0 Å². The van der Waals surface area contributed by atoms with Crippen molar-refractivity contribution in [2.45, 2.75) is 39.2 Å². The number of hydrogen-bond acceptors (Lipinski definition) is 3. The van der Waals surface area contributed by atoms with E-state index in [2.05, 4.69) is 55.0 Å². The van der Waals surface area contributed by atoms with Gasteiger partial charge in [0.25, 0.3) is 0 Å². The van der Waals surface area contributed by atoms with Gasteiger partial charge in [0.05, 0.1) is 11.9 Å². The number of pyridine rings is 1. The molecule has 1 fully saturated rings. The molecule has 0 aromatic carbocycles. The summed E-state index contributed by atoms with van der Waals surface area (Å²) in [5.41, 5.74) is 2.53. The Hall–Kier alpha value is -1.09. The first-order valence-electron chi connectivity index (χ1n) is 6.42. The maximum atomic E-state index is 4.60. The standard InChI is InChI=1S/C14H23N3/c1-11-9-15-7-8-17(11)12-5-6-13(16-10-12)14(2,3)4/h5-6,10-11,15H,7-9H2,1-4H3/t11-/m0/s1. The first-order chi connectivity index (χ1) is 7.98. The largest absolute Gasteiger partial charge is 0.365 e. The normalized spacial score (nSPS) is 21.6. The van der Waals surface area contributed by atoms with Crippen molar-refractivity contribution in [2.24, 2.45) is 0 Å². The lowest BCUT2D eigenvalue weighted by Crippen LogP contribution is -2.50. The molecule has 0 unspecified atom stereocenters. The van der Waals surface area contributed by atoms with Crippen molar-refractivity contribution in [3.63, 3.8) is 0 Å². The fourth-order valence-electron chi connectivity index (χ4n) is 2.22. The molecule has 1 aliphatic rings. The molecular formula is C14H23N3. The van der Waals surface area contributed by atoms with Gasteiger partial charge in [-0.2, -0.15) is 0 Å².